The first kappa shape index (κ1) is 17.6. The Labute approximate surface area is 158 Å². The van der Waals surface area contributed by atoms with E-state index >= 15 is 0 Å². The van der Waals surface area contributed by atoms with Crippen LogP contribution in [-0.2, 0) is 16.4 Å². The van der Waals surface area contributed by atoms with Crippen molar-refractivity contribution in [2.75, 3.05) is 30.3 Å². The number of ketones is 1. The average Bonchev–Trinajstić information content (AvgIpc) is 3.09. The topological polar surface area (TPSA) is 72.9 Å². The number of carbonyl (C=O) groups is 1. The van der Waals surface area contributed by atoms with Crippen molar-refractivity contribution >= 4 is 27.6 Å². The fourth-order valence-corrected chi connectivity index (χ4v) is 4.26. The third-order valence-corrected chi connectivity index (χ3v) is 5.79. The molecule has 6 nitrogen and oxygen atoms in total. The molecule has 7 heteroatoms. The van der Waals surface area contributed by atoms with Crippen LogP contribution in [0.4, 0.5) is 5.69 Å². The predicted octanol–water partition coefficient (Wildman–Crippen LogP) is 2.68. The van der Waals surface area contributed by atoms with Gasteiger partial charge in [0.25, 0.3) is 0 Å². The van der Waals surface area contributed by atoms with Crippen LogP contribution in [0.15, 0.2) is 42.5 Å². The average molecular weight is 385 g/mol. The summed E-state index contributed by atoms with van der Waals surface area (Å²) in [6, 6.07) is 10.7. The fourth-order valence-electron chi connectivity index (χ4n) is 3.30. The zero-order valence-corrected chi connectivity index (χ0v) is 15.7. The lowest BCUT2D eigenvalue weighted by atomic mass is 10.0. The number of ether oxygens (including phenoxy) is 2. The van der Waals surface area contributed by atoms with Gasteiger partial charge in [-0.1, -0.05) is 12.1 Å². The van der Waals surface area contributed by atoms with Gasteiger partial charge in [0.2, 0.25) is 10.0 Å². The van der Waals surface area contributed by atoms with Crippen LogP contribution in [0.5, 0.6) is 11.5 Å². The first-order valence-electron chi connectivity index (χ1n) is 8.64. The fraction of sp³-hybridized carbons (Fsp3) is 0.250. The van der Waals surface area contributed by atoms with Crippen LogP contribution >= 0.6 is 0 Å². The number of anilines is 1. The molecule has 2 aliphatic heterocycles. The highest BCUT2D eigenvalue weighted by molar-refractivity contribution is 7.92. The van der Waals surface area contributed by atoms with Crippen LogP contribution in [0, 0.1) is 0 Å². The molecular formula is C20H19NO5S. The Bertz CT molecular complexity index is 1040. The van der Waals surface area contributed by atoms with Gasteiger partial charge in [-0.2, -0.15) is 0 Å². The van der Waals surface area contributed by atoms with Crippen LogP contribution in [-0.4, -0.2) is 40.2 Å². The van der Waals surface area contributed by atoms with Crippen molar-refractivity contribution in [1.82, 2.24) is 0 Å². The van der Waals surface area contributed by atoms with Gasteiger partial charge in [-0.25, -0.2) is 8.42 Å². The molecule has 0 spiro atoms. The molecule has 4 rings (SSSR count). The second-order valence-electron chi connectivity index (χ2n) is 6.53. The van der Waals surface area contributed by atoms with Crippen LogP contribution in [0.1, 0.15) is 21.5 Å². The SMILES string of the molecule is CS(=O)(=O)N1CCc2cc(C(=O)/C=C/c3ccc4c(c3)OCCO4)ccc21. The molecule has 0 amide bonds. The molecule has 0 N–H and O–H groups in total. The summed E-state index contributed by atoms with van der Waals surface area (Å²) < 4.78 is 36.0. The van der Waals surface area contributed by atoms with Gasteiger partial charge in [-0.05, 0) is 54.0 Å². The highest BCUT2D eigenvalue weighted by Gasteiger charge is 2.26. The second-order valence-corrected chi connectivity index (χ2v) is 8.44. The Balaban J connectivity index is 1.53. The van der Waals surface area contributed by atoms with Crippen LogP contribution in [0.3, 0.4) is 0 Å². The Kier molecular flexibility index (Phi) is 4.39. The Morgan fingerprint density at radius 3 is 2.63 bits per heavy atom. The molecule has 0 saturated heterocycles. The zero-order chi connectivity index (χ0) is 19.0. The lowest BCUT2D eigenvalue weighted by molar-refractivity contribution is 0.104. The monoisotopic (exact) mass is 385 g/mol. The minimum absolute atomic E-state index is 0.134. The van der Waals surface area contributed by atoms with Crippen molar-refractivity contribution in [3.05, 3.63) is 59.2 Å². The van der Waals surface area contributed by atoms with Crippen molar-refractivity contribution in [1.29, 1.82) is 0 Å². The van der Waals surface area contributed by atoms with E-state index in [1.807, 2.05) is 18.2 Å². The molecule has 0 fully saturated rings. The number of nitrogens with zero attached hydrogens (tertiary/aromatic N) is 1. The van der Waals surface area contributed by atoms with Gasteiger partial charge in [0, 0.05) is 12.1 Å². The smallest absolute Gasteiger partial charge is 0.232 e. The van der Waals surface area contributed by atoms with Gasteiger partial charge in [0.1, 0.15) is 13.2 Å². The van der Waals surface area contributed by atoms with Crippen molar-refractivity contribution in [2.45, 2.75) is 6.42 Å². The molecule has 2 aromatic carbocycles. The zero-order valence-electron chi connectivity index (χ0n) is 14.8. The largest absolute Gasteiger partial charge is 0.486 e. The second kappa shape index (κ2) is 6.74. The predicted molar refractivity (Wildman–Crippen MR) is 103 cm³/mol. The summed E-state index contributed by atoms with van der Waals surface area (Å²) in [4.78, 5) is 12.5. The quantitative estimate of drug-likeness (QED) is 0.598. The first-order valence-corrected chi connectivity index (χ1v) is 10.5. The van der Waals surface area contributed by atoms with Crippen LogP contribution in [0.2, 0.25) is 0 Å². The molecule has 0 unspecified atom stereocenters. The van der Waals surface area contributed by atoms with E-state index in [2.05, 4.69) is 0 Å². The van der Waals surface area contributed by atoms with Crippen LogP contribution < -0.4 is 13.8 Å². The van der Waals surface area contributed by atoms with E-state index in [-0.39, 0.29) is 5.78 Å². The van der Waals surface area contributed by atoms with Crippen molar-refractivity contribution in [2.24, 2.45) is 0 Å². The van der Waals surface area contributed by atoms with E-state index in [0.717, 1.165) is 11.1 Å². The van der Waals surface area contributed by atoms with Crippen molar-refractivity contribution in [3.63, 3.8) is 0 Å². The van der Waals surface area contributed by atoms with Gasteiger partial charge in [0.05, 0.1) is 11.9 Å². The van der Waals surface area contributed by atoms with Gasteiger partial charge >= 0.3 is 0 Å². The minimum atomic E-state index is -3.29. The van der Waals surface area contributed by atoms with Crippen LogP contribution in [0.25, 0.3) is 6.08 Å². The molecular weight excluding hydrogens is 366 g/mol. The molecule has 0 aromatic heterocycles. The van der Waals surface area contributed by atoms with E-state index in [1.54, 1.807) is 24.3 Å². The molecule has 0 saturated carbocycles. The lowest BCUT2D eigenvalue weighted by Crippen LogP contribution is -2.27. The van der Waals surface area contributed by atoms with E-state index < -0.39 is 10.0 Å². The molecule has 0 bridgehead atoms. The standard InChI is InChI=1S/C20H19NO5S/c1-27(23,24)21-9-8-15-13-16(4-5-17(15)21)18(22)6-2-14-3-7-19-20(12-14)26-11-10-25-19/h2-7,12-13H,8-11H2,1H3/b6-2+. The molecule has 0 aliphatic carbocycles. The van der Waals surface area contributed by atoms with Gasteiger partial charge in [-0.3, -0.25) is 9.10 Å². The number of carbonyl (C=O) groups excluding carboxylic acids is 1. The van der Waals surface area contributed by atoms with Crippen molar-refractivity contribution in [3.8, 4) is 11.5 Å². The van der Waals surface area contributed by atoms with E-state index in [9.17, 15) is 13.2 Å². The summed E-state index contributed by atoms with van der Waals surface area (Å²) in [7, 11) is -3.29. The van der Waals surface area contributed by atoms with E-state index in [4.69, 9.17) is 9.47 Å². The third kappa shape index (κ3) is 3.55. The molecule has 2 aromatic rings. The highest BCUT2D eigenvalue weighted by Crippen LogP contribution is 2.32. The summed E-state index contributed by atoms with van der Waals surface area (Å²) in [5, 5.41) is 0. The maximum absolute atomic E-state index is 12.5. The number of hydrogen-bond acceptors (Lipinski definition) is 5. The lowest BCUT2D eigenvalue weighted by Gasteiger charge is -2.18. The first-order chi connectivity index (χ1) is 12.9. The summed E-state index contributed by atoms with van der Waals surface area (Å²) in [6.07, 6.45) is 5.04. The Morgan fingerprint density at radius 1 is 1.07 bits per heavy atom. The van der Waals surface area contributed by atoms with Gasteiger partial charge in [0.15, 0.2) is 17.3 Å². The summed E-state index contributed by atoms with van der Waals surface area (Å²) >= 11 is 0. The number of sulfonamides is 1. The third-order valence-electron chi connectivity index (χ3n) is 4.61. The van der Waals surface area contributed by atoms with Crippen molar-refractivity contribution < 1.29 is 22.7 Å². The number of rotatable bonds is 4. The van der Waals surface area contributed by atoms with Gasteiger partial charge < -0.3 is 9.47 Å². The highest BCUT2D eigenvalue weighted by atomic mass is 32.2. The maximum atomic E-state index is 12.5. The van der Waals surface area contributed by atoms with E-state index in [0.29, 0.717) is 48.9 Å². The summed E-state index contributed by atoms with van der Waals surface area (Å²) in [6.45, 7) is 1.47. The minimum Gasteiger partial charge on any atom is -0.486 e. The molecule has 2 aliphatic rings. The maximum Gasteiger partial charge on any atom is 0.232 e. The number of fused-ring (bicyclic) bond motifs is 2. The van der Waals surface area contributed by atoms with E-state index in [1.165, 1.54) is 16.6 Å². The summed E-state index contributed by atoms with van der Waals surface area (Å²) in [5.74, 6) is 1.25. The summed E-state index contributed by atoms with van der Waals surface area (Å²) in [5.41, 5.74) is 2.92. The number of hydrogen-bond donors (Lipinski definition) is 0. The van der Waals surface area contributed by atoms with Gasteiger partial charge in [-0.15, -0.1) is 0 Å². The molecule has 0 atom stereocenters. The normalized spacial score (nSPS) is 15.8. The number of allylic oxidation sites excluding steroid dienone is 1. The molecule has 2 heterocycles. The number of benzene rings is 2. The Morgan fingerprint density at radius 2 is 1.85 bits per heavy atom. The molecule has 27 heavy (non-hydrogen) atoms. The molecule has 140 valence electrons. The molecule has 0 radical (unpaired) electrons. The Hall–Kier alpha value is -2.80.